The molecule has 0 spiro atoms. The van der Waals surface area contributed by atoms with Crippen molar-refractivity contribution >= 4 is 11.0 Å². The zero-order chi connectivity index (χ0) is 14.1. The molecule has 0 aliphatic rings. The number of nitriles is 2. The Morgan fingerprint density at radius 3 is 2.50 bits per heavy atom. The number of fused-ring (bicyclic) bond motifs is 1. The van der Waals surface area contributed by atoms with Gasteiger partial charge in [0.05, 0.1) is 22.2 Å². The van der Waals surface area contributed by atoms with E-state index in [1.807, 2.05) is 42.0 Å². The number of benzene rings is 1. The molecule has 5 nitrogen and oxygen atoms in total. The molecular weight excluding hydrogens is 250 g/mol. The van der Waals surface area contributed by atoms with Gasteiger partial charge in [-0.05, 0) is 24.3 Å². The number of hydrogen-bond donors (Lipinski definition) is 0. The summed E-state index contributed by atoms with van der Waals surface area (Å²) in [6.07, 6.45) is 1.70. The molecule has 0 radical (unpaired) electrons. The minimum Gasteiger partial charge on any atom is -0.326 e. The van der Waals surface area contributed by atoms with Crippen molar-refractivity contribution in [1.29, 1.82) is 10.5 Å². The first-order valence-electron chi connectivity index (χ1n) is 5.96. The number of aryl methyl sites for hydroxylation is 1. The van der Waals surface area contributed by atoms with Crippen molar-refractivity contribution < 1.29 is 0 Å². The van der Waals surface area contributed by atoms with E-state index in [1.54, 1.807) is 18.3 Å². The van der Waals surface area contributed by atoms with Gasteiger partial charge in [-0.1, -0.05) is 6.07 Å². The predicted molar refractivity (Wildman–Crippen MR) is 73.4 cm³/mol. The summed E-state index contributed by atoms with van der Waals surface area (Å²) >= 11 is 0. The summed E-state index contributed by atoms with van der Waals surface area (Å²) < 4.78 is 1.87. The van der Waals surface area contributed by atoms with E-state index in [9.17, 15) is 0 Å². The lowest BCUT2D eigenvalue weighted by Crippen LogP contribution is -1.94. The second-order valence-corrected chi connectivity index (χ2v) is 4.32. The number of rotatable bonds is 1. The van der Waals surface area contributed by atoms with Crippen LogP contribution in [-0.2, 0) is 7.05 Å². The van der Waals surface area contributed by atoms with E-state index in [-0.39, 0.29) is 0 Å². The Morgan fingerprint density at radius 1 is 1.10 bits per heavy atom. The molecule has 0 atom stereocenters. The molecular formula is C15H9N5. The lowest BCUT2D eigenvalue weighted by molar-refractivity contribution is 0.950. The maximum atomic E-state index is 9.08. The normalized spacial score (nSPS) is 10.2. The van der Waals surface area contributed by atoms with Crippen molar-refractivity contribution in [2.24, 2.45) is 7.05 Å². The van der Waals surface area contributed by atoms with E-state index in [1.165, 1.54) is 0 Å². The summed E-state index contributed by atoms with van der Waals surface area (Å²) in [6, 6.07) is 13.0. The van der Waals surface area contributed by atoms with Crippen molar-refractivity contribution in [2.75, 3.05) is 0 Å². The average Bonchev–Trinajstić information content (AvgIpc) is 2.83. The Kier molecular flexibility index (Phi) is 2.67. The lowest BCUT2D eigenvalue weighted by Gasteiger charge is -2.01. The van der Waals surface area contributed by atoms with Crippen LogP contribution in [0.4, 0.5) is 0 Å². The number of imidazole rings is 1. The molecule has 2 heterocycles. The van der Waals surface area contributed by atoms with Crippen LogP contribution in [0.1, 0.15) is 11.1 Å². The van der Waals surface area contributed by atoms with Gasteiger partial charge in [-0.2, -0.15) is 10.5 Å². The van der Waals surface area contributed by atoms with Gasteiger partial charge in [-0.25, -0.2) is 4.98 Å². The van der Waals surface area contributed by atoms with Gasteiger partial charge in [0.25, 0.3) is 0 Å². The molecule has 0 aliphatic heterocycles. The van der Waals surface area contributed by atoms with E-state index in [2.05, 4.69) is 9.97 Å². The molecule has 0 N–H and O–H groups in total. The fraction of sp³-hybridized carbons (Fsp3) is 0.0667. The Morgan fingerprint density at radius 2 is 1.85 bits per heavy atom. The van der Waals surface area contributed by atoms with Gasteiger partial charge in [0.2, 0.25) is 0 Å². The molecule has 0 saturated carbocycles. The fourth-order valence-electron chi connectivity index (χ4n) is 2.15. The van der Waals surface area contributed by atoms with Crippen molar-refractivity contribution in [2.45, 2.75) is 0 Å². The Bertz CT molecular complexity index is 878. The highest BCUT2D eigenvalue weighted by Gasteiger charge is 2.13. The van der Waals surface area contributed by atoms with Crippen LogP contribution in [0.15, 0.2) is 36.5 Å². The molecule has 94 valence electrons. The van der Waals surface area contributed by atoms with Crippen LogP contribution < -0.4 is 0 Å². The van der Waals surface area contributed by atoms with Crippen LogP contribution >= 0.6 is 0 Å². The molecule has 20 heavy (non-hydrogen) atoms. The van der Waals surface area contributed by atoms with Gasteiger partial charge in [0.15, 0.2) is 5.82 Å². The number of pyridine rings is 1. The van der Waals surface area contributed by atoms with Crippen LogP contribution in [0.25, 0.3) is 22.6 Å². The maximum absolute atomic E-state index is 9.08. The number of aromatic nitrogens is 3. The lowest BCUT2D eigenvalue weighted by atomic mass is 10.1. The van der Waals surface area contributed by atoms with Crippen LogP contribution in [0.5, 0.6) is 0 Å². The number of nitrogens with zero attached hydrogens (tertiary/aromatic N) is 5. The van der Waals surface area contributed by atoms with Gasteiger partial charge >= 0.3 is 0 Å². The fourth-order valence-corrected chi connectivity index (χ4v) is 2.15. The molecule has 1 aromatic carbocycles. The molecule has 3 aromatic rings. The zero-order valence-electron chi connectivity index (χ0n) is 10.7. The maximum Gasteiger partial charge on any atom is 0.159 e. The topological polar surface area (TPSA) is 78.3 Å². The van der Waals surface area contributed by atoms with E-state index < -0.39 is 0 Å². The van der Waals surface area contributed by atoms with Crippen LogP contribution in [-0.4, -0.2) is 14.5 Å². The molecule has 0 saturated heterocycles. The number of hydrogen-bond acceptors (Lipinski definition) is 4. The van der Waals surface area contributed by atoms with Crippen LogP contribution in [0, 0.1) is 22.7 Å². The van der Waals surface area contributed by atoms with Crippen LogP contribution in [0.3, 0.4) is 0 Å². The summed E-state index contributed by atoms with van der Waals surface area (Å²) in [6.45, 7) is 0. The third-order valence-electron chi connectivity index (χ3n) is 3.16. The SMILES string of the molecule is Cn1c(-c2ccccn2)nc2cc(C#N)c(C#N)cc21. The Balaban J connectivity index is 2.32. The van der Waals surface area contributed by atoms with Crippen molar-refractivity contribution in [3.63, 3.8) is 0 Å². The second-order valence-electron chi connectivity index (χ2n) is 4.32. The molecule has 0 amide bonds. The molecule has 0 unspecified atom stereocenters. The molecule has 2 aromatic heterocycles. The first-order valence-corrected chi connectivity index (χ1v) is 5.96. The summed E-state index contributed by atoms with van der Waals surface area (Å²) in [7, 11) is 1.87. The Labute approximate surface area is 115 Å². The highest BCUT2D eigenvalue weighted by Crippen LogP contribution is 2.24. The first-order chi connectivity index (χ1) is 9.74. The summed E-state index contributed by atoms with van der Waals surface area (Å²) in [4.78, 5) is 8.78. The monoisotopic (exact) mass is 259 g/mol. The van der Waals surface area contributed by atoms with Gasteiger partial charge in [-0.3, -0.25) is 4.98 Å². The standard InChI is InChI=1S/C15H9N5/c1-20-14-7-11(9-17)10(8-16)6-13(14)19-15(20)12-4-2-3-5-18-12/h2-7H,1H3. The van der Waals surface area contributed by atoms with Gasteiger partial charge < -0.3 is 4.57 Å². The molecule has 0 aliphatic carbocycles. The molecule has 0 bridgehead atoms. The highest BCUT2D eigenvalue weighted by atomic mass is 15.1. The average molecular weight is 259 g/mol. The highest BCUT2D eigenvalue weighted by molar-refractivity contribution is 5.83. The van der Waals surface area contributed by atoms with Crippen molar-refractivity contribution in [3.05, 3.63) is 47.7 Å². The third kappa shape index (κ3) is 1.70. The first kappa shape index (κ1) is 11.9. The third-order valence-corrected chi connectivity index (χ3v) is 3.16. The smallest absolute Gasteiger partial charge is 0.159 e. The van der Waals surface area contributed by atoms with Gasteiger partial charge in [-0.15, -0.1) is 0 Å². The second kappa shape index (κ2) is 4.49. The van der Waals surface area contributed by atoms with E-state index in [4.69, 9.17) is 10.5 Å². The van der Waals surface area contributed by atoms with Crippen molar-refractivity contribution in [1.82, 2.24) is 14.5 Å². The van der Waals surface area contributed by atoms with E-state index in [0.29, 0.717) is 22.5 Å². The molecule has 0 fully saturated rings. The van der Waals surface area contributed by atoms with E-state index >= 15 is 0 Å². The minimum absolute atomic E-state index is 0.339. The zero-order valence-corrected chi connectivity index (χ0v) is 10.7. The van der Waals surface area contributed by atoms with Crippen molar-refractivity contribution in [3.8, 4) is 23.7 Å². The summed E-state index contributed by atoms with van der Waals surface area (Å²) in [5.41, 5.74) is 2.94. The summed E-state index contributed by atoms with van der Waals surface area (Å²) in [5.74, 6) is 0.708. The quantitative estimate of drug-likeness (QED) is 0.672. The minimum atomic E-state index is 0.339. The summed E-state index contributed by atoms with van der Waals surface area (Å²) in [5, 5.41) is 18.1. The van der Waals surface area contributed by atoms with Gasteiger partial charge in [0.1, 0.15) is 17.8 Å². The van der Waals surface area contributed by atoms with Crippen LogP contribution in [0.2, 0.25) is 0 Å². The van der Waals surface area contributed by atoms with Gasteiger partial charge in [0, 0.05) is 13.2 Å². The van der Waals surface area contributed by atoms with E-state index in [0.717, 1.165) is 11.2 Å². The largest absolute Gasteiger partial charge is 0.326 e. The molecule has 5 heteroatoms. The Hall–Kier alpha value is -3.18. The molecule has 3 rings (SSSR count). The predicted octanol–water partition coefficient (Wildman–Crippen LogP) is 2.38.